The van der Waals surface area contributed by atoms with Crippen LogP contribution in [-0.2, 0) is 0 Å². The molecule has 0 saturated carbocycles. The standard InChI is InChI=1S/C7H5N3O3/c11-5-1-3-4(2-8-5)9-7(13)10-6(3)12/h1-2H,(H,8,11)(H2,9,10,12,13). The number of fused-ring (bicyclic) bond motifs is 1. The van der Waals surface area contributed by atoms with Crippen LogP contribution in [0.3, 0.4) is 0 Å². The van der Waals surface area contributed by atoms with Crippen LogP contribution in [0.4, 0.5) is 0 Å². The van der Waals surface area contributed by atoms with Crippen LogP contribution < -0.4 is 16.8 Å². The van der Waals surface area contributed by atoms with E-state index in [1.165, 1.54) is 6.20 Å². The highest BCUT2D eigenvalue weighted by atomic mass is 16.2. The summed E-state index contributed by atoms with van der Waals surface area (Å²) in [6.07, 6.45) is 1.29. The molecule has 0 spiro atoms. The quantitative estimate of drug-likeness (QED) is 0.479. The van der Waals surface area contributed by atoms with Gasteiger partial charge in [0.2, 0.25) is 5.56 Å². The fourth-order valence-corrected chi connectivity index (χ4v) is 1.09. The Labute approximate surface area is 70.3 Å². The van der Waals surface area contributed by atoms with E-state index in [1.807, 2.05) is 4.98 Å². The van der Waals surface area contributed by atoms with E-state index in [0.717, 1.165) is 6.07 Å². The third-order valence-electron chi connectivity index (χ3n) is 1.64. The Hall–Kier alpha value is -2.11. The number of aromatic amines is 3. The lowest BCUT2D eigenvalue weighted by Crippen LogP contribution is -2.23. The molecule has 0 amide bonds. The van der Waals surface area contributed by atoms with Gasteiger partial charge < -0.3 is 9.97 Å². The first-order valence-corrected chi connectivity index (χ1v) is 3.52. The number of hydrogen-bond acceptors (Lipinski definition) is 3. The maximum Gasteiger partial charge on any atom is 0.326 e. The predicted molar refractivity (Wildman–Crippen MR) is 45.8 cm³/mol. The average molecular weight is 179 g/mol. The fraction of sp³-hybridized carbons (Fsp3) is 0. The molecule has 2 rings (SSSR count). The van der Waals surface area contributed by atoms with Gasteiger partial charge in [-0.3, -0.25) is 14.6 Å². The molecule has 2 aromatic heterocycles. The monoisotopic (exact) mass is 179 g/mol. The summed E-state index contributed by atoms with van der Waals surface area (Å²) in [4.78, 5) is 39.5. The van der Waals surface area contributed by atoms with Crippen molar-refractivity contribution in [1.82, 2.24) is 15.0 Å². The molecule has 2 heterocycles. The molecular formula is C7H5N3O3. The first-order chi connectivity index (χ1) is 6.16. The summed E-state index contributed by atoms with van der Waals surface area (Å²) in [5.41, 5.74) is -1.23. The minimum atomic E-state index is -0.593. The largest absolute Gasteiger partial charge is 0.327 e. The van der Waals surface area contributed by atoms with Crippen molar-refractivity contribution < 1.29 is 0 Å². The SMILES string of the molecule is O=c1cc2c(=O)[nH]c(=O)[nH]c2c[nH]1. The molecule has 0 aliphatic heterocycles. The van der Waals surface area contributed by atoms with E-state index in [9.17, 15) is 14.4 Å². The first kappa shape index (κ1) is 7.53. The fourth-order valence-electron chi connectivity index (χ4n) is 1.09. The molecule has 0 saturated heterocycles. The van der Waals surface area contributed by atoms with Gasteiger partial charge in [0.05, 0.1) is 10.9 Å². The predicted octanol–water partition coefficient (Wildman–Crippen LogP) is -1.10. The van der Waals surface area contributed by atoms with Gasteiger partial charge in [0, 0.05) is 12.3 Å². The number of hydrogen-bond donors (Lipinski definition) is 3. The molecule has 6 heteroatoms. The van der Waals surface area contributed by atoms with Gasteiger partial charge in [-0.2, -0.15) is 0 Å². The second kappa shape index (κ2) is 2.44. The average Bonchev–Trinajstić information content (AvgIpc) is 2.06. The molecule has 2 aromatic rings. The van der Waals surface area contributed by atoms with E-state index in [1.54, 1.807) is 0 Å². The summed E-state index contributed by atoms with van der Waals surface area (Å²) in [6.45, 7) is 0. The van der Waals surface area contributed by atoms with Gasteiger partial charge in [0.1, 0.15) is 0 Å². The van der Waals surface area contributed by atoms with Crippen LogP contribution in [-0.4, -0.2) is 15.0 Å². The second-order valence-corrected chi connectivity index (χ2v) is 2.53. The van der Waals surface area contributed by atoms with E-state index in [2.05, 4.69) is 9.97 Å². The smallest absolute Gasteiger partial charge is 0.326 e. The molecule has 0 aliphatic carbocycles. The van der Waals surface area contributed by atoms with Crippen LogP contribution in [0.1, 0.15) is 0 Å². The number of aromatic nitrogens is 3. The molecular weight excluding hydrogens is 174 g/mol. The van der Waals surface area contributed by atoms with E-state index >= 15 is 0 Å². The van der Waals surface area contributed by atoms with Gasteiger partial charge in [-0.1, -0.05) is 0 Å². The maximum atomic E-state index is 11.1. The minimum Gasteiger partial charge on any atom is -0.327 e. The summed E-state index contributed by atoms with van der Waals surface area (Å²) in [6, 6.07) is 1.13. The third-order valence-corrected chi connectivity index (χ3v) is 1.64. The lowest BCUT2D eigenvalue weighted by atomic mass is 10.3. The molecule has 0 fully saturated rings. The molecule has 0 atom stereocenters. The van der Waals surface area contributed by atoms with Crippen LogP contribution in [0, 0.1) is 0 Å². The van der Waals surface area contributed by atoms with Crippen LogP contribution in [0.25, 0.3) is 10.9 Å². The Kier molecular flexibility index (Phi) is 1.42. The minimum absolute atomic E-state index is 0.170. The molecule has 0 aliphatic rings. The number of H-pyrrole nitrogens is 3. The van der Waals surface area contributed by atoms with E-state index in [-0.39, 0.29) is 10.9 Å². The van der Waals surface area contributed by atoms with E-state index in [0.29, 0.717) is 5.52 Å². The van der Waals surface area contributed by atoms with Crippen molar-refractivity contribution in [2.45, 2.75) is 0 Å². The number of nitrogens with one attached hydrogen (secondary N) is 3. The molecule has 0 unspecified atom stereocenters. The Morgan fingerprint density at radius 2 is 1.85 bits per heavy atom. The third kappa shape index (κ3) is 1.18. The van der Waals surface area contributed by atoms with Crippen molar-refractivity contribution >= 4 is 10.9 Å². The Bertz CT molecular complexity index is 619. The summed E-state index contributed by atoms with van der Waals surface area (Å²) < 4.78 is 0. The lowest BCUT2D eigenvalue weighted by molar-refractivity contribution is 1.07. The molecule has 0 bridgehead atoms. The van der Waals surface area contributed by atoms with Crippen molar-refractivity contribution in [1.29, 1.82) is 0 Å². The summed E-state index contributed by atoms with van der Waals surface area (Å²) in [5.74, 6) is 0. The molecule has 66 valence electrons. The number of rotatable bonds is 0. The van der Waals surface area contributed by atoms with Crippen molar-refractivity contribution in [2.75, 3.05) is 0 Å². The highest BCUT2D eigenvalue weighted by Crippen LogP contribution is 1.95. The maximum absolute atomic E-state index is 11.1. The Morgan fingerprint density at radius 3 is 2.62 bits per heavy atom. The molecule has 6 nitrogen and oxygen atoms in total. The second-order valence-electron chi connectivity index (χ2n) is 2.53. The van der Waals surface area contributed by atoms with Crippen molar-refractivity contribution in [2.24, 2.45) is 0 Å². The lowest BCUT2D eigenvalue weighted by Gasteiger charge is -1.92. The zero-order valence-corrected chi connectivity index (χ0v) is 6.38. The Morgan fingerprint density at radius 1 is 1.08 bits per heavy atom. The van der Waals surface area contributed by atoms with Crippen molar-refractivity contribution in [3.05, 3.63) is 43.5 Å². The molecule has 3 N–H and O–H groups in total. The topological polar surface area (TPSA) is 98.6 Å². The van der Waals surface area contributed by atoms with Gasteiger partial charge >= 0.3 is 5.69 Å². The highest BCUT2D eigenvalue weighted by molar-refractivity contribution is 5.75. The van der Waals surface area contributed by atoms with Crippen LogP contribution in [0.15, 0.2) is 26.6 Å². The van der Waals surface area contributed by atoms with Crippen LogP contribution in [0.5, 0.6) is 0 Å². The van der Waals surface area contributed by atoms with Gasteiger partial charge in [0.25, 0.3) is 5.56 Å². The van der Waals surface area contributed by atoms with E-state index in [4.69, 9.17) is 0 Å². The summed E-state index contributed by atoms with van der Waals surface area (Å²) >= 11 is 0. The van der Waals surface area contributed by atoms with Crippen molar-refractivity contribution in [3.8, 4) is 0 Å². The van der Waals surface area contributed by atoms with Crippen LogP contribution >= 0.6 is 0 Å². The zero-order valence-electron chi connectivity index (χ0n) is 6.38. The van der Waals surface area contributed by atoms with Gasteiger partial charge in [-0.15, -0.1) is 0 Å². The van der Waals surface area contributed by atoms with Gasteiger partial charge in [-0.25, -0.2) is 4.79 Å². The highest BCUT2D eigenvalue weighted by Gasteiger charge is 1.99. The van der Waals surface area contributed by atoms with Crippen LogP contribution in [0.2, 0.25) is 0 Å². The van der Waals surface area contributed by atoms with Crippen molar-refractivity contribution in [3.63, 3.8) is 0 Å². The molecule has 0 radical (unpaired) electrons. The normalized spacial score (nSPS) is 10.5. The zero-order chi connectivity index (χ0) is 9.42. The Balaban J connectivity index is 3.12. The number of pyridine rings is 1. The van der Waals surface area contributed by atoms with Gasteiger partial charge in [-0.05, 0) is 0 Å². The first-order valence-electron chi connectivity index (χ1n) is 3.52. The molecule has 0 aromatic carbocycles. The van der Waals surface area contributed by atoms with E-state index < -0.39 is 11.2 Å². The van der Waals surface area contributed by atoms with Gasteiger partial charge in [0.15, 0.2) is 0 Å². The summed E-state index contributed by atoms with van der Waals surface area (Å²) in [5, 5.41) is 0.170. The summed E-state index contributed by atoms with van der Waals surface area (Å²) in [7, 11) is 0. The molecule has 13 heavy (non-hydrogen) atoms.